The standard InChI is InChI=1S/C14H23N5O2/c1-4-18(11-8-6-5-7-9-11)13-12(19(20)21)10(2)16-14(15-3)17-13/h11H,4-9H2,1-3H3,(H,15,16,17). The lowest BCUT2D eigenvalue weighted by Gasteiger charge is -2.34. The molecule has 1 saturated carbocycles. The Bertz CT molecular complexity index is 514. The van der Waals surface area contributed by atoms with E-state index in [9.17, 15) is 10.1 Å². The van der Waals surface area contributed by atoms with Crippen LogP contribution in [0.3, 0.4) is 0 Å². The SMILES string of the molecule is CCN(c1nc(NC)nc(C)c1[N+](=O)[O-])C1CCCCC1. The van der Waals surface area contributed by atoms with Crippen LogP contribution >= 0.6 is 0 Å². The number of hydrogen-bond acceptors (Lipinski definition) is 6. The maximum atomic E-state index is 11.4. The topological polar surface area (TPSA) is 84.2 Å². The number of aromatic nitrogens is 2. The quantitative estimate of drug-likeness (QED) is 0.663. The molecule has 7 nitrogen and oxygen atoms in total. The third-order valence-electron chi connectivity index (χ3n) is 4.07. The van der Waals surface area contributed by atoms with Gasteiger partial charge in [-0.05, 0) is 26.7 Å². The van der Waals surface area contributed by atoms with Gasteiger partial charge in [-0.3, -0.25) is 10.1 Å². The van der Waals surface area contributed by atoms with Crippen LogP contribution in [0.15, 0.2) is 0 Å². The highest BCUT2D eigenvalue weighted by Crippen LogP contribution is 2.34. The largest absolute Gasteiger partial charge is 0.357 e. The first-order chi connectivity index (χ1) is 10.1. The van der Waals surface area contributed by atoms with Gasteiger partial charge in [-0.2, -0.15) is 4.98 Å². The lowest BCUT2D eigenvalue weighted by atomic mass is 9.94. The summed E-state index contributed by atoms with van der Waals surface area (Å²) in [7, 11) is 1.72. The molecule has 0 aromatic carbocycles. The lowest BCUT2D eigenvalue weighted by molar-refractivity contribution is -0.385. The Hall–Kier alpha value is -1.92. The van der Waals surface area contributed by atoms with Crippen LogP contribution in [0.1, 0.15) is 44.7 Å². The third kappa shape index (κ3) is 3.22. The zero-order valence-electron chi connectivity index (χ0n) is 12.9. The first kappa shape index (κ1) is 15.5. The van der Waals surface area contributed by atoms with Crippen molar-refractivity contribution in [2.24, 2.45) is 0 Å². The summed E-state index contributed by atoms with van der Waals surface area (Å²) in [5.74, 6) is 0.883. The van der Waals surface area contributed by atoms with Gasteiger partial charge in [0.1, 0.15) is 5.69 Å². The number of aryl methyl sites for hydroxylation is 1. The molecule has 0 bridgehead atoms. The van der Waals surface area contributed by atoms with Gasteiger partial charge in [0.05, 0.1) is 4.92 Å². The van der Waals surface area contributed by atoms with Crippen molar-refractivity contribution < 1.29 is 4.92 Å². The predicted octanol–water partition coefficient (Wildman–Crippen LogP) is 2.89. The molecule has 116 valence electrons. The van der Waals surface area contributed by atoms with Crippen molar-refractivity contribution in [3.8, 4) is 0 Å². The normalized spacial score (nSPS) is 15.8. The van der Waals surface area contributed by atoms with Crippen LogP contribution in [0.4, 0.5) is 17.5 Å². The second-order valence-electron chi connectivity index (χ2n) is 5.39. The van der Waals surface area contributed by atoms with Crippen molar-refractivity contribution in [2.45, 2.75) is 52.0 Å². The van der Waals surface area contributed by atoms with E-state index in [2.05, 4.69) is 20.2 Å². The van der Waals surface area contributed by atoms with E-state index in [1.54, 1.807) is 14.0 Å². The van der Waals surface area contributed by atoms with E-state index in [1.165, 1.54) is 19.3 Å². The molecule has 0 aliphatic heterocycles. The van der Waals surface area contributed by atoms with Crippen LogP contribution in [-0.4, -0.2) is 34.5 Å². The van der Waals surface area contributed by atoms with Gasteiger partial charge in [0, 0.05) is 19.6 Å². The lowest BCUT2D eigenvalue weighted by Crippen LogP contribution is -2.38. The number of nitro groups is 1. The first-order valence-corrected chi connectivity index (χ1v) is 7.55. The smallest absolute Gasteiger partial charge is 0.332 e. The number of anilines is 2. The summed E-state index contributed by atoms with van der Waals surface area (Å²) in [5, 5.41) is 14.3. The summed E-state index contributed by atoms with van der Waals surface area (Å²) < 4.78 is 0. The molecule has 1 aliphatic rings. The summed E-state index contributed by atoms with van der Waals surface area (Å²) in [5.41, 5.74) is 0.435. The molecule has 1 aromatic rings. The van der Waals surface area contributed by atoms with E-state index in [-0.39, 0.29) is 10.6 Å². The summed E-state index contributed by atoms with van der Waals surface area (Å²) in [4.78, 5) is 21.7. The summed E-state index contributed by atoms with van der Waals surface area (Å²) in [6.07, 6.45) is 5.75. The summed E-state index contributed by atoms with van der Waals surface area (Å²) in [6.45, 7) is 4.40. The first-order valence-electron chi connectivity index (χ1n) is 7.55. The number of nitrogens with one attached hydrogen (secondary N) is 1. The molecule has 0 unspecified atom stereocenters. The van der Waals surface area contributed by atoms with Crippen LogP contribution in [0.25, 0.3) is 0 Å². The van der Waals surface area contributed by atoms with Crippen LogP contribution in [-0.2, 0) is 0 Å². The zero-order valence-corrected chi connectivity index (χ0v) is 12.9. The highest BCUT2D eigenvalue weighted by atomic mass is 16.6. The number of hydrogen-bond donors (Lipinski definition) is 1. The van der Waals surface area contributed by atoms with Crippen molar-refractivity contribution in [2.75, 3.05) is 23.8 Å². The Labute approximate surface area is 124 Å². The highest BCUT2D eigenvalue weighted by molar-refractivity contribution is 5.63. The molecule has 0 saturated heterocycles. The van der Waals surface area contributed by atoms with Crippen molar-refractivity contribution in [1.82, 2.24) is 9.97 Å². The van der Waals surface area contributed by atoms with Crippen LogP contribution in [0, 0.1) is 17.0 Å². The van der Waals surface area contributed by atoms with Gasteiger partial charge < -0.3 is 10.2 Å². The van der Waals surface area contributed by atoms with E-state index in [0.717, 1.165) is 12.8 Å². The molecule has 7 heteroatoms. The monoisotopic (exact) mass is 293 g/mol. The molecule has 1 heterocycles. The second kappa shape index (κ2) is 6.69. The molecule has 0 atom stereocenters. The van der Waals surface area contributed by atoms with E-state index in [1.807, 2.05) is 6.92 Å². The van der Waals surface area contributed by atoms with Crippen molar-refractivity contribution in [3.05, 3.63) is 15.8 Å². The molecular weight excluding hydrogens is 270 g/mol. The number of nitrogens with zero attached hydrogens (tertiary/aromatic N) is 4. The second-order valence-corrected chi connectivity index (χ2v) is 5.39. The minimum atomic E-state index is -0.365. The van der Waals surface area contributed by atoms with Crippen molar-refractivity contribution >= 4 is 17.5 Å². The molecule has 1 N–H and O–H groups in total. The fourth-order valence-corrected chi connectivity index (χ4v) is 3.05. The summed E-state index contributed by atoms with van der Waals surface area (Å²) in [6, 6.07) is 0.335. The highest BCUT2D eigenvalue weighted by Gasteiger charge is 2.30. The average Bonchev–Trinajstić information content (AvgIpc) is 2.48. The molecule has 1 aliphatic carbocycles. The minimum absolute atomic E-state index is 0.0291. The van der Waals surface area contributed by atoms with Gasteiger partial charge in [-0.25, -0.2) is 4.98 Å². The Morgan fingerprint density at radius 1 is 1.33 bits per heavy atom. The third-order valence-corrected chi connectivity index (χ3v) is 4.07. The van der Waals surface area contributed by atoms with Crippen LogP contribution in [0.5, 0.6) is 0 Å². The summed E-state index contributed by atoms with van der Waals surface area (Å²) >= 11 is 0. The number of rotatable bonds is 5. The van der Waals surface area contributed by atoms with E-state index in [0.29, 0.717) is 30.0 Å². The van der Waals surface area contributed by atoms with Gasteiger partial charge in [-0.15, -0.1) is 0 Å². The average molecular weight is 293 g/mol. The molecule has 21 heavy (non-hydrogen) atoms. The molecule has 1 aromatic heterocycles. The van der Waals surface area contributed by atoms with Crippen LogP contribution < -0.4 is 10.2 Å². The Kier molecular flexibility index (Phi) is 4.93. The van der Waals surface area contributed by atoms with Crippen LogP contribution in [0.2, 0.25) is 0 Å². The zero-order chi connectivity index (χ0) is 15.4. The van der Waals surface area contributed by atoms with Crippen molar-refractivity contribution in [1.29, 1.82) is 0 Å². The Morgan fingerprint density at radius 3 is 2.52 bits per heavy atom. The van der Waals surface area contributed by atoms with Gasteiger partial charge in [0.2, 0.25) is 11.8 Å². The van der Waals surface area contributed by atoms with Gasteiger partial charge >= 0.3 is 5.69 Å². The van der Waals surface area contributed by atoms with E-state index in [4.69, 9.17) is 0 Å². The minimum Gasteiger partial charge on any atom is -0.357 e. The maximum absolute atomic E-state index is 11.4. The molecule has 1 fully saturated rings. The Balaban J connectivity index is 2.47. The fraction of sp³-hybridized carbons (Fsp3) is 0.714. The van der Waals surface area contributed by atoms with E-state index < -0.39 is 0 Å². The molecule has 0 amide bonds. The van der Waals surface area contributed by atoms with Gasteiger partial charge in [-0.1, -0.05) is 19.3 Å². The fourth-order valence-electron chi connectivity index (χ4n) is 3.05. The van der Waals surface area contributed by atoms with Gasteiger partial charge in [0.15, 0.2) is 0 Å². The molecule has 0 spiro atoms. The molecule has 2 rings (SSSR count). The molecule has 0 radical (unpaired) electrons. The Morgan fingerprint density at radius 2 is 2.00 bits per heavy atom. The maximum Gasteiger partial charge on any atom is 0.332 e. The van der Waals surface area contributed by atoms with Gasteiger partial charge in [0.25, 0.3) is 0 Å². The van der Waals surface area contributed by atoms with E-state index >= 15 is 0 Å². The molecular formula is C14H23N5O2. The van der Waals surface area contributed by atoms with Crippen molar-refractivity contribution in [3.63, 3.8) is 0 Å². The predicted molar refractivity (Wildman–Crippen MR) is 82.9 cm³/mol.